The molecule has 1 saturated heterocycles. The average Bonchev–Trinajstić information content (AvgIpc) is 3.64. The van der Waals surface area contributed by atoms with Crippen LogP contribution in [0.5, 0.6) is 0 Å². The van der Waals surface area contributed by atoms with Crippen molar-refractivity contribution in [3.63, 3.8) is 0 Å². The van der Waals surface area contributed by atoms with Crippen LogP contribution in [0.25, 0.3) is 22.3 Å². The number of pyridine rings is 2. The summed E-state index contributed by atoms with van der Waals surface area (Å²) in [5, 5.41) is 12.7. The van der Waals surface area contributed by atoms with E-state index in [9.17, 15) is 27.6 Å². The normalized spacial score (nSPS) is 16.5. The number of carbonyl (C=O) groups excluding carboxylic acids is 1. The highest BCUT2D eigenvalue weighted by atomic mass is 19.4. The van der Waals surface area contributed by atoms with Crippen LogP contribution in [-0.2, 0) is 12.6 Å². The summed E-state index contributed by atoms with van der Waals surface area (Å²) in [6, 6.07) is 12.9. The number of hydrogen-bond donors (Lipinski definition) is 1. The highest BCUT2D eigenvalue weighted by Crippen LogP contribution is 2.41. The van der Waals surface area contributed by atoms with E-state index < -0.39 is 17.6 Å². The SMILES string of the molecule is CN(C[C@@H]1CCCN1)C(=O)c1c(N2CCc3cc(C(F)(F)F)ccc32)cnc2ccc(-c3cc(F)cc(C#N)c3)nc12. The Balaban J connectivity index is 1.50. The Morgan fingerprint density at radius 2 is 2.00 bits per heavy atom. The Labute approximate surface area is 239 Å². The summed E-state index contributed by atoms with van der Waals surface area (Å²) in [4.78, 5) is 26.9. The first kappa shape index (κ1) is 27.6. The zero-order valence-electron chi connectivity index (χ0n) is 22.7. The fraction of sp³-hybridized carbons (Fsp3) is 0.290. The molecule has 214 valence electrons. The van der Waals surface area contributed by atoms with Crippen molar-refractivity contribution in [2.75, 3.05) is 31.6 Å². The third-order valence-electron chi connectivity index (χ3n) is 7.83. The Morgan fingerprint density at radius 1 is 1.17 bits per heavy atom. The van der Waals surface area contributed by atoms with Gasteiger partial charge in [-0.05, 0) is 79.9 Å². The summed E-state index contributed by atoms with van der Waals surface area (Å²) in [5.74, 6) is -0.905. The largest absolute Gasteiger partial charge is 0.416 e. The molecule has 0 radical (unpaired) electrons. The Hall–Kier alpha value is -4.56. The molecule has 0 bridgehead atoms. The van der Waals surface area contributed by atoms with E-state index in [-0.39, 0.29) is 28.6 Å². The van der Waals surface area contributed by atoms with Crippen LogP contribution < -0.4 is 10.2 Å². The van der Waals surface area contributed by atoms with E-state index in [1.54, 1.807) is 35.2 Å². The fourth-order valence-electron chi connectivity index (χ4n) is 5.78. The Morgan fingerprint density at radius 3 is 2.74 bits per heavy atom. The van der Waals surface area contributed by atoms with E-state index in [2.05, 4.69) is 10.3 Å². The Bertz CT molecular complexity index is 1740. The van der Waals surface area contributed by atoms with Gasteiger partial charge in [0, 0.05) is 37.4 Å². The summed E-state index contributed by atoms with van der Waals surface area (Å²) in [7, 11) is 1.71. The second kappa shape index (κ2) is 10.7. The number of benzene rings is 2. The third-order valence-corrected chi connectivity index (χ3v) is 7.83. The highest BCUT2D eigenvalue weighted by molar-refractivity contribution is 6.10. The number of rotatable bonds is 5. The molecule has 1 atom stereocenters. The van der Waals surface area contributed by atoms with Gasteiger partial charge in [0.25, 0.3) is 5.91 Å². The van der Waals surface area contributed by atoms with Gasteiger partial charge in [-0.1, -0.05) is 0 Å². The van der Waals surface area contributed by atoms with Crippen LogP contribution in [-0.4, -0.2) is 53.5 Å². The van der Waals surface area contributed by atoms with Crippen molar-refractivity contribution in [3.8, 4) is 17.3 Å². The van der Waals surface area contributed by atoms with Crippen LogP contribution in [0.15, 0.2) is 54.7 Å². The second-order valence-electron chi connectivity index (χ2n) is 10.6. The minimum atomic E-state index is -4.46. The third kappa shape index (κ3) is 5.14. The van der Waals surface area contributed by atoms with E-state index in [1.165, 1.54) is 18.2 Å². The molecule has 6 rings (SSSR count). The lowest BCUT2D eigenvalue weighted by Crippen LogP contribution is -2.39. The minimum Gasteiger partial charge on any atom is -0.340 e. The van der Waals surface area contributed by atoms with Gasteiger partial charge in [-0.15, -0.1) is 0 Å². The number of anilines is 2. The van der Waals surface area contributed by atoms with Crippen LogP contribution in [0.3, 0.4) is 0 Å². The maximum Gasteiger partial charge on any atom is 0.416 e. The molecule has 0 saturated carbocycles. The number of hydrogen-bond acceptors (Lipinski definition) is 6. The molecular formula is C31H26F4N6O. The van der Waals surface area contributed by atoms with Crippen molar-refractivity contribution in [1.82, 2.24) is 20.2 Å². The highest BCUT2D eigenvalue weighted by Gasteiger charge is 2.34. The van der Waals surface area contributed by atoms with Crippen LogP contribution in [0.4, 0.5) is 28.9 Å². The Kier molecular flexibility index (Phi) is 7.02. The molecule has 0 spiro atoms. The summed E-state index contributed by atoms with van der Waals surface area (Å²) in [5.41, 5.74) is 2.62. The number of nitriles is 1. The standard InChI is InChI=1S/C31H26F4N6O/c1-40(17-23-3-2-9-37-23)30(42)28-27(41-10-8-19-13-21(31(33,34)35)4-7-26(19)41)16-38-25-6-5-24(39-29(25)28)20-11-18(15-36)12-22(32)14-20/h4-7,11-14,16,23,37H,2-3,8-10,17H2,1H3/t23-/m0/s1. The summed E-state index contributed by atoms with van der Waals surface area (Å²) in [6.45, 7) is 1.69. The lowest BCUT2D eigenvalue weighted by molar-refractivity contribution is -0.137. The van der Waals surface area contributed by atoms with Gasteiger partial charge in [-0.25, -0.2) is 9.37 Å². The van der Waals surface area contributed by atoms with Crippen molar-refractivity contribution in [3.05, 3.63) is 82.8 Å². The predicted octanol–water partition coefficient (Wildman–Crippen LogP) is 5.84. The van der Waals surface area contributed by atoms with Crippen molar-refractivity contribution in [1.29, 1.82) is 5.26 Å². The van der Waals surface area contributed by atoms with E-state index in [1.807, 2.05) is 6.07 Å². The smallest absolute Gasteiger partial charge is 0.340 e. The van der Waals surface area contributed by atoms with Crippen LogP contribution >= 0.6 is 0 Å². The lowest BCUT2D eigenvalue weighted by atomic mass is 10.0. The molecule has 2 aliphatic rings. The first-order valence-corrected chi connectivity index (χ1v) is 13.6. The van der Waals surface area contributed by atoms with Crippen molar-refractivity contribution >= 4 is 28.3 Å². The van der Waals surface area contributed by atoms with E-state index in [0.717, 1.165) is 37.6 Å². The lowest BCUT2D eigenvalue weighted by Gasteiger charge is -2.27. The zero-order valence-corrected chi connectivity index (χ0v) is 22.7. The van der Waals surface area contributed by atoms with Crippen molar-refractivity contribution in [2.45, 2.75) is 31.5 Å². The molecule has 2 aromatic heterocycles. The van der Waals surface area contributed by atoms with Crippen LogP contribution in [0, 0.1) is 17.1 Å². The minimum absolute atomic E-state index is 0.130. The molecule has 0 aliphatic carbocycles. The zero-order chi connectivity index (χ0) is 29.6. The van der Waals surface area contributed by atoms with Gasteiger partial charge in [-0.2, -0.15) is 18.4 Å². The number of amides is 1. The number of likely N-dealkylation sites (N-methyl/N-ethyl adjacent to an activating group) is 1. The molecule has 4 heterocycles. The predicted molar refractivity (Wildman–Crippen MR) is 150 cm³/mol. The molecule has 1 N–H and O–H groups in total. The van der Waals surface area contributed by atoms with Gasteiger partial charge in [0.15, 0.2) is 0 Å². The molecule has 42 heavy (non-hydrogen) atoms. The van der Waals surface area contributed by atoms with E-state index in [0.29, 0.717) is 53.2 Å². The average molecular weight is 575 g/mol. The molecule has 1 amide bonds. The summed E-state index contributed by atoms with van der Waals surface area (Å²) in [6.07, 6.45) is -0.592. The van der Waals surface area contributed by atoms with E-state index >= 15 is 0 Å². The molecule has 7 nitrogen and oxygen atoms in total. The number of carbonyl (C=O) groups is 1. The van der Waals surface area contributed by atoms with E-state index in [4.69, 9.17) is 4.98 Å². The number of nitrogens with zero attached hydrogens (tertiary/aromatic N) is 5. The van der Waals surface area contributed by atoms with Crippen LogP contribution in [0.2, 0.25) is 0 Å². The number of alkyl halides is 3. The van der Waals surface area contributed by atoms with Gasteiger partial charge >= 0.3 is 6.18 Å². The first-order valence-electron chi connectivity index (χ1n) is 13.6. The van der Waals surface area contributed by atoms with Gasteiger partial charge in [0.05, 0.1) is 45.9 Å². The van der Waals surface area contributed by atoms with Crippen LogP contribution in [0.1, 0.15) is 39.9 Å². The first-order chi connectivity index (χ1) is 20.1. The fourth-order valence-corrected chi connectivity index (χ4v) is 5.78. The number of nitrogens with one attached hydrogen (secondary N) is 1. The summed E-state index contributed by atoms with van der Waals surface area (Å²) < 4.78 is 54.5. The molecule has 2 aliphatic heterocycles. The molecule has 1 fully saturated rings. The number of aromatic nitrogens is 2. The molecule has 0 unspecified atom stereocenters. The van der Waals surface area contributed by atoms with Crippen molar-refractivity contribution in [2.24, 2.45) is 0 Å². The maximum atomic E-state index is 14.3. The molecule has 11 heteroatoms. The van der Waals surface area contributed by atoms with Gasteiger partial charge < -0.3 is 15.1 Å². The molecule has 4 aromatic rings. The number of halogens is 4. The molecule has 2 aromatic carbocycles. The topological polar surface area (TPSA) is 85.2 Å². The van der Waals surface area contributed by atoms with Gasteiger partial charge in [0.1, 0.15) is 11.3 Å². The van der Waals surface area contributed by atoms with Gasteiger partial charge in [0.2, 0.25) is 0 Å². The van der Waals surface area contributed by atoms with Gasteiger partial charge in [-0.3, -0.25) is 9.78 Å². The quantitative estimate of drug-likeness (QED) is 0.302. The summed E-state index contributed by atoms with van der Waals surface area (Å²) >= 11 is 0. The van der Waals surface area contributed by atoms with Crippen molar-refractivity contribution < 1.29 is 22.4 Å². The second-order valence-corrected chi connectivity index (χ2v) is 10.6. The molecular weight excluding hydrogens is 548 g/mol. The monoisotopic (exact) mass is 574 g/mol. The number of fused-ring (bicyclic) bond motifs is 2. The maximum absolute atomic E-state index is 14.3.